The largest absolute Gasteiger partial charge is 0.321 e. The average Bonchev–Trinajstić information content (AvgIpc) is 2.68. The van der Waals surface area contributed by atoms with E-state index < -0.39 is 17.6 Å². The molecule has 140 valence electrons. The summed E-state index contributed by atoms with van der Waals surface area (Å²) in [6, 6.07) is 19.5. The lowest BCUT2D eigenvalue weighted by atomic mass is 10.1. The number of rotatable bonds is 5. The SMILES string of the molecule is Cc1cccc(C=NNC(=O)c2ccccc2NC(=O)c2cccc(F)c2)c1. The van der Waals surface area contributed by atoms with E-state index in [1.54, 1.807) is 30.5 Å². The molecular formula is C22H18FN3O2. The van der Waals surface area contributed by atoms with Crippen LogP contribution in [0.2, 0.25) is 0 Å². The van der Waals surface area contributed by atoms with Gasteiger partial charge in [0.25, 0.3) is 11.8 Å². The minimum absolute atomic E-state index is 0.160. The first-order valence-electron chi connectivity index (χ1n) is 8.59. The molecule has 0 aliphatic heterocycles. The van der Waals surface area contributed by atoms with E-state index in [1.165, 1.54) is 18.2 Å². The minimum atomic E-state index is -0.511. The number of carbonyl (C=O) groups is 2. The van der Waals surface area contributed by atoms with E-state index in [0.29, 0.717) is 5.69 Å². The van der Waals surface area contributed by atoms with Crippen molar-refractivity contribution in [2.45, 2.75) is 6.92 Å². The predicted octanol–water partition coefficient (Wildman–Crippen LogP) is 4.15. The molecule has 0 fully saturated rings. The zero-order chi connectivity index (χ0) is 19.9. The molecule has 2 amide bonds. The maximum Gasteiger partial charge on any atom is 0.273 e. The summed E-state index contributed by atoms with van der Waals surface area (Å²) in [6.07, 6.45) is 1.54. The summed E-state index contributed by atoms with van der Waals surface area (Å²) >= 11 is 0. The van der Waals surface area contributed by atoms with Crippen LogP contribution < -0.4 is 10.7 Å². The summed E-state index contributed by atoms with van der Waals surface area (Å²) in [6.45, 7) is 1.97. The predicted molar refractivity (Wildman–Crippen MR) is 107 cm³/mol. The van der Waals surface area contributed by atoms with Gasteiger partial charge in [0.05, 0.1) is 17.5 Å². The number of hydrogen-bond acceptors (Lipinski definition) is 3. The lowest BCUT2D eigenvalue weighted by molar-refractivity contribution is 0.0956. The fraction of sp³-hybridized carbons (Fsp3) is 0.0455. The molecule has 0 saturated heterocycles. The molecule has 6 heteroatoms. The Morgan fingerprint density at radius 1 is 0.929 bits per heavy atom. The standard InChI is InChI=1S/C22H18FN3O2/c1-15-6-4-7-16(12-15)14-24-26-22(28)19-10-2-3-11-20(19)25-21(27)17-8-5-9-18(23)13-17/h2-14H,1H3,(H,25,27)(H,26,28). The Morgan fingerprint density at radius 3 is 2.50 bits per heavy atom. The second-order valence-electron chi connectivity index (χ2n) is 6.12. The number of para-hydroxylation sites is 1. The monoisotopic (exact) mass is 375 g/mol. The van der Waals surface area contributed by atoms with Crippen LogP contribution in [0, 0.1) is 12.7 Å². The molecule has 0 heterocycles. The number of nitrogens with one attached hydrogen (secondary N) is 2. The molecule has 0 aromatic heterocycles. The molecule has 5 nitrogen and oxygen atoms in total. The van der Waals surface area contributed by atoms with E-state index in [-0.39, 0.29) is 11.1 Å². The van der Waals surface area contributed by atoms with Crippen molar-refractivity contribution in [3.05, 3.63) is 101 Å². The van der Waals surface area contributed by atoms with Gasteiger partial charge in [-0.05, 0) is 42.8 Å². The molecule has 3 aromatic rings. The van der Waals surface area contributed by atoms with Crippen molar-refractivity contribution in [2.75, 3.05) is 5.32 Å². The first-order chi connectivity index (χ1) is 13.5. The van der Waals surface area contributed by atoms with Crippen molar-refractivity contribution >= 4 is 23.7 Å². The number of amides is 2. The lowest BCUT2D eigenvalue weighted by Gasteiger charge is -2.10. The Morgan fingerprint density at radius 2 is 1.71 bits per heavy atom. The van der Waals surface area contributed by atoms with E-state index in [2.05, 4.69) is 15.8 Å². The molecule has 3 aromatic carbocycles. The molecule has 0 atom stereocenters. The van der Waals surface area contributed by atoms with Gasteiger partial charge in [-0.1, -0.05) is 48.0 Å². The molecule has 28 heavy (non-hydrogen) atoms. The Balaban J connectivity index is 1.72. The number of nitrogens with zero attached hydrogens (tertiary/aromatic N) is 1. The molecule has 0 spiro atoms. The number of hydrazone groups is 1. The Bertz CT molecular complexity index is 1050. The van der Waals surface area contributed by atoms with E-state index in [0.717, 1.165) is 17.2 Å². The van der Waals surface area contributed by atoms with Crippen LogP contribution in [0.1, 0.15) is 31.8 Å². The van der Waals surface area contributed by atoms with Gasteiger partial charge >= 0.3 is 0 Å². The van der Waals surface area contributed by atoms with Crippen molar-refractivity contribution < 1.29 is 14.0 Å². The van der Waals surface area contributed by atoms with Gasteiger partial charge in [0, 0.05) is 5.56 Å². The van der Waals surface area contributed by atoms with Gasteiger partial charge in [-0.25, -0.2) is 9.82 Å². The minimum Gasteiger partial charge on any atom is -0.321 e. The lowest BCUT2D eigenvalue weighted by Crippen LogP contribution is -2.21. The molecule has 0 bridgehead atoms. The second kappa shape index (κ2) is 8.73. The topological polar surface area (TPSA) is 70.6 Å². The maximum absolute atomic E-state index is 13.3. The number of hydrogen-bond donors (Lipinski definition) is 2. The van der Waals surface area contributed by atoms with Crippen LogP contribution in [-0.4, -0.2) is 18.0 Å². The third-order valence-corrected chi connectivity index (χ3v) is 3.93. The smallest absolute Gasteiger partial charge is 0.273 e. The molecule has 3 rings (SSSR count). The highest BCUT2D eigenvalue weighted by atomic mass is 19.1. The molecule has 0 aliphatic carbocycles. The summed E-state index contributed by atoms with van der Waals surface area (Å²) < 4.78 is 13.3. The first kappa shape index (κ1) is 19.0. The quantitative estimate of drug-likeness (QED) is 0.519. The van der Waals surface area contributed by atoms with Gasteiger partial charge in [0.15, 0.2) is 0 Å². The molecule has 2 N–H and O–H groups in total. The van der Waals surface area contributed by atoms with Crippen molar-refractivity contribution in [1.29, 1.82) is 0 Å². The fourth-order valence-corrected chi connectivity index (χ4v) is 2.59. The second-order valence-corrected chi connectivity index (χ2v) is 6.12. The van der Waals surface area contributed by atoms with Gasteiger partial charge < -0.3 is 5.32 Å². The average molecular weight is 375 g/mol. The Labute approximate surface area is 161 Å². The highest BCUT2D eigenvalue weighted by molar-refractivity contribution is 6.09. The Kier molecular flexibility index (Phi) is 5.91. The number of aryl methyl sites for hydroxylation is 1. The number of anilines is 1. The van der Waals surface area contributed by atoms with E-state index >= 15 is 0 Å². The van der Waals surface area contributed by atoms with Crippen LogP contribution in [-0.2, 0) is 0 Å². The van der Waals surface area contributed by atoms with Gasteiger partial charge in [-0.2, -0.15) is 5.10 Å². The molecule has 0 unspecified atom stereocenters. The van der Waals surface area contributed by atoms with Gasteiger partial charge in [-0.3, -0.25) is 9.59 Å². The summed E-state index contributed by atoms with van der Waals surface area (Å²) in [5, 5.41) is 6.59. The molecule has 0 saturated carbocycles. The van der Waals surface area contributed by atoms with Crippen LogP contribution in [0.15, 0.2) is 77.9 Å². The number of halogens is 1. The van der Waals surface area contributed by atoms with E-state index in [4.69, 9.17) is 0 Å². The van der Waals surface area contributed by atoms with Crippen LogP contribution in [0.5, 0.6) is 0 Å². The first-order valence-corrected chi connectivity index (χ1v) is 8.59. The van der Waals surface area contributed by atoms with Crippen LogP contribution in [0.25, 0.3) is 0 Å². The van der Waals surface area contributed by atoms with Gasteiger partial charge in [0.2, 0.25) is 0 Å². The normalized spacial score (nSPS) is 10.6. The highest BCUT2D eigenvalue weighted by Gasteiger charge is 2.14. The van der Waals surface area contributed by atoms with Crippen molar-refractivity contribution in [1.82, 2.24) is 5.43 Å². The number of carbonyl (C=O) groups excluding carboxylic acids is 2. The van der Waals surface area contributed by atoms with Gasteiger partial charge in [-0.15, -0.1) is 0 Å². The third kappa shape index (κ3) is 4.88. The molecular weight excluding hydrogens is 357 g/mol. The zero-order valence-corrected chi connectivity index (χ0v) is 15.1. The summed E-state index contributed by atoms with van der Waals surface area (Å²) in [5.41, 5.74) is 5.10. The van der Waals surface area contributed by atoms with E-state index in [1.807, 2.05) is 31.2 Å². The Hall–Kier alpha value is -3.80. The van der Waals surface area contributed by atoms with Gasteiger partial charge in [0.1, 0.15) is 5.82 Å². The molecule has 0 aliphatic rings. The van der Waals surface area contributed by atoms with Crippen LogP contribution in [0.4, 0.5) is 10.1 Å². The highest BCUT2D eigenvalue weighted by Crippen LogP contribution is 2.16. The zero-order valence-electron chi connectivity index (χ0n) is 15.1. The van der Waals surface area contributed by atoms with E-state index in [9.17, 15) is 14.0 Å². The number of benzene rings is 3. The summed E-state index contributed by atoms with van der Waals surface area (Å²) in [5.74, 6) is -1.49. The van der Waals surface area contributed by atoms with Crippen molar-refractivity contribution in [3.63, 3.8) is 0 Å². The maximum atomic E-state index is 13.3. The summed E-state index contributed by atoms with van der Waals surface area (Å²) in [4.78, 5) is 24.8. The van der Waals surface area contributed by atoms with Crippen LogP contribution >= 0.6 is 0 Å². The fourth-order valence-electron chi connectivity index (χ4n) is 2.59. The molecule has 0 radical (unpaired) electrons. The third-order valence-electron chi connectivity index (χ3n) is 3.93. The summed E-state index contributed by atoms with van der Waals surface area (Å²) in [7, 11) is 0. The van der Waals surface area contributed by atoms with Crippen molar-refractivity contribution in [2.24, 2.45) is 5.10 Å². The van der Waals surface area contributed by atoms with Crippen LogP contribution in [0.3, 0.4) is 0 Å². The van der Waals surface area contributed by atoms with Crippen molar-refractivity contribution in [3.8, 4) is 0 Å².